The molecule has 3 heteroatoms. The van der Waals surface area contributed by atoms with E-state index >= 15 is 0 Å². The monoisotopic (exact) mass is 164 g/mol. The van der Waals surface area contributed by atoms with Crippen molar-refractivity contribution in [3.05, 3.63) is 30.6 Å². The van der Waals surface area contributed by atoms with Crippen LogP contribution in [-0.2, 0) is 4.74 Å². The summed E-state index contributed by atoms with van der Waals surface area (Å²) < 4.78 is 5.17. The summed E-state index contributed by atoms with van der Waals surface area (Å²) in [6, 6.07) is 3.46. The lowest BCUT2D eigenvalue weighted by atomic mass is 10.3. The molecule has 1 heterocycles. The standard InChI is InChI=1S/C9H12N2O/c1-3-12-7(2)9-6-8(10)4-5-11-9/h4-6H,2-3H2,1H3,(H2,10,11). The van der Waals surface area contributed by atoms with Gasteiger partial charge in [0.2, 0.25) is 0 Å². The third kappa shape index (κ3) is 1.99. The van der Waals surface area contributed by atoms with Crippen molar-refractivity contribution in [2.45, 2.75) is 6.92 Å². The molecule has 1 aromatic rings. The number of hydrogen-bond acceptors (Lipinski definition) is 3. The number of hydrogen-bond donors (Lipinski definition) is 1. The van der Waals surface area contributed by atoms with Crippen LogP contribution in [-0.4, -0.2) is 11.6 Å². The minimum absolute atomic E-state index is 0.560. The Morgan fingerprint density at radius 3 is 3.08 bits per heavy atom. The maximum absolute atomic E-state index is 5.56. The van der Waals surface area contributed by atoms with Crippen molar-refractivity contribution in [1.29, 1.82) is 0 Å². The highest BCUT2D eigenvalue weighted by molar-refractivity contribution is 5.57. The molecule has 0 aliphatic rings. The largest absolute Gasteiger partial charge is 0.492 e. The Labute approximate surface area is 71.9 Å². The van der Waals surface area contributed by atoms with Gasteiger partial charge in [0.05, 0.1) is 6.61 Å². The summed E-state index contributed by atoms with van der Waals surface area (Å²) in [7, 11) is 0. The predicted molar refractivity (Wildman–Crippen MR) is 49.3 cm³/mol. The number of rotatable bonds is 3. The fraction of sp³-hybridized carbons (Fsp3) is 0.222. The van der Waals surface area contributed by atoms with E-state index in [0.717, 1.165) is 0 Å². The van der Waals surface area contributed by atoms with Crippen LogP contribution in [0.25, 0.3) is 5.76 Å². The lowest BCUT2D eigenvalue weighted by molar-refractivity contribution is 0.298. The molecule has 3 nitrogen and oxygen atoms in total. The molecule has 0 aliphatic carbocycles. The molecule has 1 rings (SSSR count). The fourth-order valence-corrected chi connectivity index (χ4v) is 0.848. The fourth-order valence-electron chi connectivity index (χ4n) is 0.848. The van der Waals surface area contributed by atoms with Gasteiger partial charge in [-0.1, -0.05) is 6.58 Å². The SMILES string of the molecule is C=C(OCC)c1cc(N)ccn1. The summed E-state index contributed by atoms with van der Waals surface area (Å²) in [5, 5.41) is 0. The summed E-state index contributed by atoms with van der Waals surface area (Å²) in [5.74, 6) is 0.560. The zero-order valence-electron chi connectivity index (χ0n) is 7.08. The first-order valence-corrected chi connectivity index (χ1v) is 3.77. The van der Waals surface area contributed by atoms with Gasteiger partial charge in [0.15, 0.2) is 0 Å². The van der Waals surface area contributed by atoms with Gasteiger partial charge in [-0.3, -0.25) is 4.98 Å². The van der Waals surface area contributed by atoms with Crippen molar-refractivity contribution in [2.24, 2.45) is 0 Å². The minimum atomic E-state index is 0.560. The lowest BCUT2D eigenvalue weighted by Crippen LogP contribution is -1.94. The van der Waals surface area contributed by atoms with Crippen molar-refractivity contribution in [3.63, 3.8) is 0 Å². The van der Waals surface area contributed by atoms with E-state index in [1.165, 1.54) is 0 Å². The number of nitrogen functional groups attached to an aromatic ring is 1. The van der Waals surface area contributed by atoms with Gasteiger partial charge in [0.1, 0.15) is 11.5 Å². The maximum atomic E-state index is 5.56. The van der Waals surface area contributed by atoms with Gasteiger partial charge in [-0.25, -0.2) is 0 Å². The highest BCUT2D eigenvalue weighted by Crippen LogP contribution is 2.12. The van der Waals surface area contributed by atoms with E-state index in [2.05, 4.69) is 11.6 Å². The van der Waals surface area contributed by atoms with Crippen LogP contribution in [0.5, 0.6) is 0 Å². The maximum Gasteiger partial charge on any atom is 0.137 e. The summed E-state index contributed by atoms with van der Waals surface area (Å²) >= 11 is 0. The van der Waals surface area contributed by atoms with Gasteiger partial charge in [0, 0.05) is 11.9 Å². The van der Waals surface area contributed by atoms with Crippen molar-refractivity contribution >= 4 is 11.4 Å². The molecule has 2 N–H and O–H groups in total. The number of pyridine rings is 1. The summed E-state index contributed by atoms with van der Waals surface area (Å²) in [6.07, 6.45) is 1.63. The van der Waals surface area contributed by atoms with Crippen LogP contribution in [0.15, 0.2) is 24.9 Å². The van der Waals surface area contributed by atoms with Gasteiger partial charge in [-0.2, -0.15) is 0 Å². The Morgan fingerprint density at radius 2 is 2.50 bits per heavy atom. The van der Waals surface area contributed by atoms with Crippen molar-refractivity contribution in [2.75, 3.05) is 12.3 Å². The van der Waals surface area contributed by atoms with Crippen LogP contribution in [0, 0.1) is 0 Å². The molecule has 0 radical (unpaired) electrons. The molecule has 0 spiro atoms. The van der Waals surface area contributed by atoms with E-state index in [0.29, 0.717) is 23.7 Å². The topological polar surface area (TPSA) is 48.1 Å². The smallest absolute Gasteiger partial charge is 0.137 e. The second-order valence-corrected chi connectivity index (χ2v) is 2.33. The van der Waals surface area contributed by atoms with Crippen LogP contribution in [0.4, 0.5) is 5.69 Å². The average Bonchev–Trinajstić information content (AvgIpc) is 2.05. The third-order valence-electron chi connectivity index (χ3n) is 1.39. The molecule has 0 saturated heterocycles. The predicted octanol–water partition coefficient (Wildman–Crippen LogP) is 1.67. The summed E-state index contributed by atoms with van der Waals surface area (Å²) in [5.41, 5.74) is 6.91. The number of nitrogens with two attached hydrogens (primary N) is 1. The van der Waals surface area contributed by atoms with Crippen LogP contribution in [0.3, 0.4) is 0 Å². The molecule has 0 aliphatic heterocycles. The zero-order chi connectivity index (χ0) is 8.97. The molecule has 64 valence electrons. The van der Waals surface area contributed by atoms with E-state index in [9.17, 15) is 0 Å². The Kier molecular flexibility index (Phi) is 2.69. The molecular weight excluding hydrogens is 152 g/mol. The molecule has 0 fully saturated rings. The average molecular weight is 164 g/mol. The second kappa shape index (κ2) is 3.76. The van der Waals surface area contributed by atoms with Gasteiger partial charge >= 0.3 is 0 Å². The highest BCUT2D eigenvalue weighted by Gasteiger charge is 1.99. The third-order valence-corrected chi connectivity index (χ3v) is 1.39. The second-order valence-electron chi connectivity index (χ2n) is 2.33. The van der Waals surface area contributed by atoms with Crippen molar-refractivity contribution in [3.8, 4) is 0 Å². The summed E-state index contributed by atoms with van der Waals surface area (Å²) in [4.78, 5) is 4.05. The highest BCUT2D eigenvalue weighted by atomic mass is 16.5. The number of anilines is 1. The molecule has 0 saturated carbocycles. The quantitative estimate of drug-likeness (QED) is 0.691. The summed E-state index contributed by atoms with van der Waals surface area (Å²) in [6.45, 7) is 6.21. The Morgan fingerprint density at radius 1 is 1.75 bits per heavy atom. The van der Waals surface area contributed by atoms with E-state index in [1.54, 1.807) is 18.3 Å². The van der Waals surface area contributed by atoms with Gasteiger partial charge in [-0.15, -0.1) is 0 Å². The van der Waals surface area contributed by atoms with Crippen LogP contribution in [0.1, 0.15) is 12.6 Å². The van der Waals surface area contributed by atoms with E-state index in [-0.39, 0.29) is 0 Å². The van der Waals surface area contributed by atoms with Crippen LogP contribution < -0.4 is 5.73 Å². The number of aromatic nitrogens is 1. The van der Waals surface area contributed by atoms with E-state index in [1.807, 2.05) is 6.92 Å². The van der Waals surface area contributed by atoms with Gasteiger partial charge in [-0.05, 0) is 19.1 Å². The van der Waals surface area contributed by atoms with Crippen molar-refractivity contribution in [1.82, 2.24) is 4.98 Å². The lowest BCUT2D eigenvalue weighted by Gasteiger charge is -2.05. The molecule has 12 heavy (non-hydrogen) atoms. The Hall–Kier alpha value is -1.51. The molecular formula is C9H12N2O. The van der Waals surface area contributed by atoms with E-state index < -0.39 is 0 Å². The minimum Gasteiger partial charge on any atom is -0.492 e. The molecule has 0 aromatic carbocycles. The molecule has 0 amide bonds. The first kappa shape index (κ1) is 8.59. The van der Waals surface area contributed by atoms with Crippen molar-refractivity contribution < 1.29 is 4.74 Å². The Bertz CT molecular complexity index is 284. The Balaban J connectivity index is 2.81. The normalized spacial score (nSPS) is 9.42. The molecule has 0 bridgehead atoms. The zero-order valence-corrected chi connectivity index (χ0v) is 7.08. The van der Waals surface area contributed by atoms with E-state index in [4.69, 9.17) is 10.5 Å². The van der Waals surface area contributed by atoms with Gasteiger partial charge in [0.25, 0.3) is 0 Å². The number of ether oxygens (including phenoxy) is 1. The first-order valence-electron chi connectivity index (χ1n) is 3.77. The van der Waals surface area contributed by atoms with Crippen LogP contribution >= 0.6 is 0 Å². The molecule has 0 atom stereocenters. The molecule has 1 aromatic heterocycles. The first-order chi connectivity index (χ1) is 5.74. The molecule has 0 unspecified atom stereocenters. The number of nitrogens with zero attached hydrogens (tertiary/aromatic N) is 1. The van der Waals surface area contributed by atoms with Gasteiger partial charge < -0.3 is 10.5 Å². The van der Waals surface area contributed by atoms with Crippen LogP contribution in [0.2, 0.25) is 0 Å².